The smallest absolute Gasteiger partial charge is 0.329 e. The van der Waals surface area contributed by atoms with E-state index in [0.717, 1.165) is 0 Å². The predicted molar refractivity (Wildman–Crippen MR) is 45.4 cm³/mol. The Balaban J connectivity index is 2.55. The first-order valence-corrected chi connectivity index (χ1v) is 4.39. The highest BCUT2D eigenvalue weighted by Crippen LogP contribution is 2.12. The molecule has 0 unspecified atom stereocenters. The number of hydrogen-bond donors (Lipinski definition) is 1. The Kier molecular flexibility index (Phi) is 3.19. The fourth-order valence-electron chi connectivity index (χ4n) is 0.982. The molecule has 0 aromatic carbocycles. The first-order valence-electron chi connectivity index (χ1n) is 4.39. The highest BCUT2D eigenvalue weighted by molar-refractivity contribution is 6.01. The van der Waals surface area contributed by atoms with Crippen LogP contribution in [-0.2, 0) is 19.2 Å². The monoisotopic (exact) mass is 200 g/mol. The van der Waals surface area contributed by atoms with Crippen molar-refractivity contribution in [3.8, 4) is 0 Å². The molecule has 1 rings (SSSR count). The van der Waals surface area contributed by atoms with Gasteiger partial charge in [-0.15, -0.1) is 5.06 Å². The van der Waals surface area contributed by atoms with Gasteiger partial charge in [0.2, 0.25) is 0 Å². The third kappa shape index (κ3) is 2.08. The molecule has 0 aromatic heterocycles. The van der Waals surface area contributed by atoms with Gasteiger partial charge in [-0.05, 0) is 6.42 Å². The van der Waals surface area contributed by atoms with Gasteiger partial charge in [0.25, 0.3) is 11.8 Å². The minimum absolute atomic E-state index is 0.0908. The van der Waals surface area contributed by atoms with Crippen molar-refractivity contribution in [2.45, 2.75) is 32.2 Å². The standard InChI is InChI=1S/C8H12N2O4/c1-2-5(9)8(13)14-10-6(11)3-4-7(10)12/h5H,2-4,9H2,1H3/t5-/m0/s1. The van der Waals surface area contributed by atoms with Crippen molar-refractivity contribution >= 4 is 17.8 Å². The van der Waals surface area contributed by atoms with E-state index in [1.54, 1.807) is 6.92 Å². The van der Waals surface area contributed by atoms with E-state index in [1.165, 1.54) is 0 Å². The molecule has 1 heterocycles. The van der Waals surface area contributed by atoms with Gasteiger partial charge >= 0.3 is 5.97 Å². The zero-order chi connectivity index (χ0) is 10.7. The number of nitrogens with zero attached hydrogens (tertiary/aromatic N) is 1. The molecule has 14 heavy (non-hydrogen) atoms. The first kappa shape index (κ1) is 10.6. The summed E-state index contributed by atoms with van der Waals surface area (Å²) in [5.74, 6) is -1.74. The van der Waals surface area contributed by atoms with Gasteiger partial charge in [0, 0.05) is 12.8 Å². The highest BCUT2D eigenvalue weighted by Gasteiger charge is 2.33. The number of imide groups is 1. The lowest BCUT2D eigenvalue weighted by Gasteiger charge is -2.14. The van der Waals surface area contributed by atoms with Crippen LogP contribution in [0, 0.1) is 0 Å². The number of carbonyl (C=O) groups excluding carboxylic acids is 3. The minimum atomic E-state index is -0.795. The zero-order valence-corrected chi connectivity index (χ0v) is 7.86. The van der Waals surface area contributed by atoms with Crippen LogP contribution in [0.3, 0.4) is 0 Å². The number of nitrogens with two attached hydrogens (primary N) is 1. The molecule has 0 radical (unpaired) electrons. The average molecular weight is 200 g/mol. The summed E-state index contributed by atoms with van der Waals surface area (Å²) in [4.78, 5) is 37.7. The quantitative estimate of drug-likeness (QED) is 0.610. The van der Waals surface area contributed by atoms with E-state index in [2.05, 4.69) is 4.84 Å². The molecule has 1 saturated heterocycles. The van der Waals surface area contributed by atoms with Gasteiger partial charge in [-0.1, -0.05) is 6.92 Å². The van der Waals surface area contributed by atoms with Crippen molar-refractivity contribution < 1.29 is 19.2 Å². The number of hydrogen-bond acceptors (Lipinski definition) is 5. The SMILES string of the molecule is CC[C@H](N)C(=O)ON1C(=O)CCC1=O. The van der Waals surface area contributed by atoms with E-state index in [4.69, 9.17) is 5.73 Å². The largest absolute Gasteiger partial charge is 0.349 e. The van der Waals surface area contributed by atoms with Crippen LogP contribution < -0.4 is 5.73 Å². The molecule has 1 fully saturated rings. The van der Waals surface area contributed by atoms with Gasteiger partial charge in [-0.3, -0.25) is 9.59 Å². The molecule has 0 aliphatic carbocycles. The van der Waals surface area contributed by atoms with Crippen LogP contribution in [0.5, 0.6) is 0 Å². The average Bonchev–Trinajstić information content (AvgIpc) is 2.48. The van der Waals surface area contributed by atoms with Gasteiger partial charge in [0.1, 0.15) is 6.04 Å². The Hall–Kier alpha value is -1.43. The van der Waals surface area contributed by atoms with E-state index in [-0.39, 0.29) is 12.8 Å². The van der Waals surface area contributed by atoms with E-state index >= 15 is 0 Å². The summed E-state index contributed by atoms with van der Waals surface area (Å²) >= 11 is 0. The summed E-state index contributed by atoms with van der Waals surface area (Å²) in [6.45, 7) is 1.71. The van der Waals surface area contributed by atoms with Crippen LogP contribution in [0.4, 0.5) is 0 Å². The second kappa shape index (κ2) is 4.19. The topological polar surface area (TPSA) is 89.7 Å². The maximum Gasteiger partial charge on any atom is 0.349 e. The van der Waals surface area contributed by atoms with Crippen LogP contribution >= 0.6 is 0 Å². The lowest BCUT2D eigenvalue weighted by Crippen LogP contribution is -2.39. The van der Waals surface area contributed by atoms with Crippen LogP contribution in [0.15, 0.2) is 0 Å². The molecule has 6 nitrogen and oxygen atoms in total. The Bertz CT molecular complexity index is 261. The highest BCUT2D eigenvalue weighted by atomic mass is 16.7. The van der Waals surface area contributed by atoms with Crippen molar-refractivity contribution in [3.63, 3.8) is 0 Å². The van der Waals surface area contributed by atoms with Crippen molar-refractivity contribution in [2.24, 2.45) is 5.73 Å². The zero-order valence-electron chi connectivity index (χ0n) is 7.86. The van der Waals surface area contributed by atoms with Gasteiger partial charge in [-0.25, -0.2) is 4.79 Å². The van der Waals surface area contributed by atoms with Crippen molar-refractivity contribution in [2.75, 3.05) is 0 Å². The van der Waals surface area contributed by atoms with E-state index in [9.17, 15) is 14.4 Å². The van der Waals surface area contributed by atoms with Crippen LogP contribution in [0.25, 0.3) is 0 Å². The maximum atomic E-state index is 11.1. The molecule has 0 aromatic rings. The van der Waals surface area contributed by atoms with Crippen LogP contribution in [0.1, 0.15) is 26.2 Å². The van der Waals surface area contributed by atoms with Gasteiger partial charge in [0.05, 0.1) is 0 Å². The molecule has 2 amide bonds. The molecule has 1 aliphatic heterocycles. The first-order chi connectivity index (χ1) is 6.56. The van der Waals surface area contributed by atoms with Crippen LogP contribution in [0.2, 0.25) is 0 Å². The van der Waals surface area contributed by atoms with E-state index in [1.807, 2.05) is 0 Å². The third-order valence-electron chi connectivity index (χ3n) is 1.93. The number of hydroxylamine groups is 2. The van der Waals surface area contributed by atoms with Crippen molar-refractivity contribution in [1.82, 2.24) is 5.06 Å². The molecular weight excluding hydrogens is 188 g/mol. The number of amides is 2. The second-order valence-electron chi connectivity index (χ2n) is 3.01. The Morgan fingerprint density at radius 1 is 1.50 bits per heavy atom. The fraction of sp³-hybridized carbons (Fsp3) is 0.625. The molecule has 2 N–H and O–H groups in total. The lowest BCUT2D eigenvalue weighted by atomic mass is 10.2. The summed E-state index contributed by atoms with van der Waals surface area (Å²) in [7, 11) is 0. The predicted octanol–water partition coefficient (Wildman–Crippen LogP) is -0.669. The Labute approximate surface area is 80.9 Å². The molecule has 6 heteroatoms. The molecular formula is C8H12N2O4. The molecule has 1 aliphatic rings. The summed E-state index contributed by atoms with van der Waals surface area (Å²) in [5, 5.41) is 0.498. The minimum Gasteiger partial charge on any atom is -0.329 e. The van der Waals surface area contributed by atoms with Crippen molar-refractivity contribution in [1.29, 1.82) is 0 Å². The van der Waals surface area contributed by atoms with E-state index < -0.39 is 23.8 Å². The Morgan fingerprint density at radius 3 is 2.43 bits per heavy atom. The summed E-state index contributed by atoms with van der Waals surface area (Å²) in [5.41, 5.74) is 5.36. The third-order valence-corrected chi connectivity index (χ3v) is 1.93. The summed E-state index contributed by atoms with van der Waals surface area (Å²) < 4.78 is 0. The molecule has 78 valence electrons. The molecule has 0 bridgehead atoms. The summed E-state index contributed by atoms with van der Waals surface area (Å²) in [6.07, 6.45) is 0.579. The normalized spacial score (nSPS) is 18.6. The number of carbonyl (C=O) groups is 3. The second-order valence-corrected chi connectivity index (χ2v) is 3.01. The van der Waals surface area contributed by atoms with Gasteiger partial charge in [0.15, 0.2) is 0 Å². The van der Waals surface area contributed by atoms with Gasteiger partial charge < -0.3 is 10.6 Å². The van der Waals surface area contributed by atoms with E-state index in [0.29, 0.717) is 11.5 Å². The lowest BCUT2D eigenvalue weighted by molar-refractivity contribution is -0.198. The molecule has 1 atom stereocenters. The Morgan fingerprint density at radius 2 is 2.00 bits per heavy atom. The van der Waals surface area contributed by atoms with Crippen LogP contribution in [-0.4, -0.2) is 28.9 Å². The van der Waals surface area contributed by atoms with Crippen molar-refractivity contribution in [3.05, 3.63) is 0 Å². The number of rotatable bonds is 3. The molecule has 0 saturated carbocycles. The maximum absolute atomic E-state index is 11.1. The fourth-order valence-corrected chi connectivity index (χ4v) is 0.982. The summed E-state index contributed by atoms with van der Waals surface area (Å²) in [6, 6.07) is -0.795. The van der Waals surface area contributed by atoms with Gasteiger partial charge in [-0.2, -0.15) is 0 Å². The molecule has 0 spiro atoms.